The van der Waals surface area contributed by atoms with Crippen molar-refractivity contribution in [3.8, 4) is 5.75 Å². The predicted octanol–water partition coefficient (Wildman–Crippen LogP) is 2.93. The van der Waals surface area contributed by atoms with Crippen LogP contribution in [0.5, 0.6) is 5.75 Å². The molecule has 0 atom stereocenters. The molecule has 0 aromatic heterocycles. The van der Waals surface area contributed by atoms with E-state index in [1.807, 2.05) is 0 Å². The minimum atomic E-state index is -3.86. The van der Waals surface area contributed by atoms with Crippen molar-refractivity contribution in [2.24, 2.45) is 0 Å². The van der Waals surface area contributed by atoms with Crippen molar-refractivity contribution in [2.75, 3.05) is 13.7 Å². The van der Waals surface area contributed by atoms with E-state index in [9.17, 15) is 18.4 Å². The summed E-state index contributed by atoms with van der Waals surface area (Å²) >= 11 is 2.98. The first kappa shape index (κ1) is 15.6. The maximum absolute atomic E-state index is 13.9. The lowest BCUT2D eigenvalue weighted by Gasteiger charge is -2.18. The number of esters is 1. The van der Waals surface area contributed by atoms with Crippen LogP contribution in [0.25, 0.3) is 0 Å². The Morgan fingerprint density at radius 3 is 2.58 bits per heavy atom. The summed E-state index contributed by atoms with van der Waals surface area (Å²) in [6.07, 6.45) is 0.485. The molecule has 104 valence electrons. The molecule has 0 saturated carbocycles. The number of methoxy groups -OCH3 is 1. The second-order valence-electron chi connectivity index (χ2n) is 3.49. The second kappa shape index (κ2) is 6.10. The third-order valence-electron chi connectivity index (χ3n) is 2.32. The number of benzene rings is 1. The Bertz CT molecular complexity index is 503. The van der Waals surface area contributed by atoms with Crippen LogP contribution in [0.3, 0.4) is 0 Å². The Hall–Kier alpha value is -1.50. The van der Waals surface area contributed by atoms with Gasteiger partial charge < -0.3 is 9.47 Å². The minimum Gasteiger partial charge on any atom is -0.496 e. The third kappa shape index (κ3) is 3.09. The number of carbonyl (C=O) groups excluding carboxylic acids is 2. The van der Waals surface area contributed by atoms with Crippen molar-refractivity contribution in [1.82, 2.24) is 0 Å². The fourth-order valence-electron chi connectivity index (χ4n) is 1.41. The number of aldehydes is 1. The molecule has 4 nitrogen and oxygen atoms in total. The van der Waals surface area contributed by atoms with Crippen LogP contribution in [-0.2, 0) is 15.5 Å². The molecule has 0 aliphatic carbocycles. The Balaban J connectivity index is 3.36. The summed E-state index contributed by atoms with van der Waals surface area (Å²) in [4.78, 5) is 22.0. The summed E-state index contributed by atoms with van der Waals surface area (Å²) < 4.78 is 37.1. The first-order valence-corrected chi connectivity index (χ1v) is 6.06. The van der Waals surface area contributed by atoms with Crippen molar-refractivity contribution in [1.29, 1.82) is 0 Å². The van der Waals surface area contributed by atoms with E-state index in [4.69, 9.17) is 4.74 Å². The number of halogens is 3. The molecule has 0 N–H and O–H groups in total. The molecule has 0 aliphatic heterocycles. The molecular weight excluding hydrogens is 326 g/mol. The molecule has 1 aromatic carbocycles. The lowest BCUT2D eigenvalue weighted by Crippen LogP contribution is -2.29. The van der Waals surface area contributed by atoms with Crippen LogP contribution < -0.4 is 4.74 Å². The molecule has 1 aromatic rings. The van der Waals surface area contributed by atoms with Crippen LogP contribution >= 0.6 is 15.9 Å². The molecule has 0 fully saturated rings. The zero-order chi connectivity index (χ0) is 14.6. The fourth-order valence-corrected chi connectivity index (χ4v) is 1.84. The quantitative estimate of drug-likeness (QED) is 0.612. The van der Waals surface area contributed by atoms with Gasteiger partial charge in [0.15, 0.2) is 6.29 Å². The molecule has 0 aliphatic rings. The van der Waals surface area contributed by atoms with Crippen LogP contribution in [-0.4, -0.2) is 26.0 Å². The van der Waals surface area contributed by atoms with Gasteiger partial charge in [-0.2, -0.15) is 8.78 Å². The highest BCUT2D eigenvalue weighted by atomic mass is 79.9. The van der Waals surface area contributed by atoms with Crippen molar-refractivity contribution >= 4 is 28.2 Å². The highest BCUT2D eigenvalue weighted by Crippen LogP contribution is 2.38. The molecule has 7 heteroatoms. The largest absolute Gasteiger partial charge is 0.496 e. The van der Waals surface area contributed by atoms with Crippen LogP contribution in [0.1, 0.15) is 22.8 Å². The maximum Gasteiger partial charge on any atom is 0.382 e. The Morgan fingerprint density at radius 2 is 2.11 bits per heavy atom. The first-order valence-electron chi connectivity index (χ1n) is 5.26. The normalized spacial score (nSPS) is 11.0. The van der Waals surface area contributed by atoms with Gasteiger partial charge in [-0.25, -0.2) is 4.79 Å². The molecule has 19 heavy (non-hydrogen) atoms. The zero-order valence-corrected chi connectivity index (χ0v) is 11.8. The van der Waals surface area contributed by atoms with Crippen molar-refractivity contribution in [2.45, 2.75) is 12.8 Å². The lowest BCUT2D eigenvalue weighted by molar-refractivity contribution is -0.173. The number of carbonyl (C=O) groups is 2. The van der Waals surface area contributed by atoms with Gasteiger partial charge in [0.05, 0.1) is 19.3 Å². The van der Waals surface area contributed by atoms with Gasteiger partial charge in [-0.15, -0.1) is 0 Å². The molecule has 0 radical (unpaired) electrons. The Kier molecular flexibility index (Phi) is 4.99. The van der Waals surface area contributed by atoms with Crippen molar-refractivity contribution in [3.05, 3.63) is 27.7 Å². The second-order valence-corrected chi connectivity index (χ2v) is 4.34. The highest BCUT2D eigenvalue weighted by molar-refractivity contribution is 9.10. The number of rotatable bonds is 5. The summed E-state index contributed by atoms with van der Waals surface area (Å²) in [5.74, 6) is -5.78. The van der Waals surface area contributed by atoms with Gasteiger partial charge in [0.25, 0.3) is 0 Å². The monoisotopic (exact) mass is 336 g/mol. The summed E-state index contributed by atoms with van der Waals surface area (Å²) in [7, 11) is 1.17. The molecule has 0 amide bonds. The Labute approximate surface area is 116 Å². The molecule has 0 spiro atoms. The first-order chi connectivity index (χ1) is 8.88. The van der Waals surface area contributed by atoms with Gasteiger partial charge in [0.1, 0.15) is 5.75 Å². The molecular formula is C12H11BrF2O4. The van der Waals surface area contributed by atoms with Gasteiger partial charge in [0.2, 0.25) is 0 Å². The standard InChI is InChI=1S/C12H11BrF2O4/c1-3-19-11(17)12(14,15)8-5-9(13)7(6-16)4-10(8)18-2/h4-6H,3H2,1-2H3. The summed E-state index contributed by atoms with van der Waals surface area (Å²) in [6, 6.07) is 2.10. The number of ether oxygens (including phenoxy) is 2. The average Bonchev–Trinajstić information content (AvgIpc) is 2.38. The lowest BCUT2D eigenvalue weighted by atomic mass is 10.0. The summed E-state index contributed by atoms with van der Waals surface area (Å²) in [5.41, 5.74) is -0.522. The average molecular weight is 337 g/mol. The van der Waals surface area contributed by atoms with E-state index in [1.165, 1.54) is 14.0 Å². The topological polar surface area (TPSA) is 52.6 Å². The molecule has 0 saturated heterocycles. The van der Waals surface area contributed by atoms with Gasteiger partial charge >= 0.3 is 11.9 Å². The molecule has 1 rings (SSSR count). The van der Waals surface area contributed by atoms with Gasteiger partial charge in [-0.3, -0.25) is 4.79 Å². The predicted molar refractivity (Wildman–Crippen MR) is 66.6 cm³/mol. The van der Waals surface area contributed by atoms with Gasteiger partial charge in [0, 0.05) is 10.0 Å². The van der Waals surface area contributed by atoms with Crippen LogP contribution in [0.4, 0.5) is 8.78 Å². The van der Waals surface area contributed by atoms with Gasteiger partial charge in [-0.1, -0.05) is 15.9 Å². The summed E-state index contributed by atoms with van der Waals surface area (Å²) in [5, 5.41) is 0. The Morgan fingerprint density at radius 1 is 1.47 bits per heavy atom. The summed E-state index contributed by atoms with van der Waals surface area (Å²) in [6.45, 7) is 1.26. The van der Waals surface area contributed by atoms with E-state index in [-0.39, 0.29) is 22.4 Å². The molecule has 0 heterocycles. The number of alkyl halides is 2. The maximum atomic E-state index is 13.9. The fraction of sp³-hybridized carbons (Fsp3) is 0.333. The van der Waals surface area contributed by atoms with E-state index in [2.05, 4.69) is 20.7 Å². The number of hydrogen-bond acceptors (Lipinski definition) is 4. The molecule has 0 bridgehead atoms. The highest BCUT2D eigenvalue weighted by Gasteiger charge is 2.45. The third-order valence-corrected chi connectivity index (χ3v) is 3.00. The number of hydrogen-bond donors (Lipinski definition) is 0. The van der Waals surface area contributed by atoms with Crippen LogP contribution in [0.2, 0.25) is 0 Å². The zero-order valence-electron chi connectivity index (χ0n) is 10.2. The van der Waals surface area contributed by atoms with E-state index in [0.29, 0.717) is 6.29 Å². The van der Waals surface area contributed by atoms with Crippen molar-refractivity contribution in [3.63, 3.8) is 0 Å². The van der Waals surface area contributed by atoms with E-state index in [1.54, 1.807) is 0 Å². The van der Waals surface area contributed by atoms with Crippen molar-refractivity contribution < 1.29 is 27.8 Å². The van der Waals surface area contributed by atoms with Crippen LogP contribution in [0, 0.1) is 0 Å². The minimum absolute atomic E-state index is 0.139. The van der Waals surface area contributed by atoms with Crippen LogP contribution in [0.15, 0.2) is 16.6 Å². The smallest absolute Gasteiger partial charge is 0.382 e. The van der Waals surface area contributed by atoms with E-state index in [0.717, 1.165) is 12.1 Å². The SMILES string of the molecule is CCOC(=O)C(F)(F)c1cc(Br)c(C=O)cc1OC. The molecule has 0 unspecified atom stereocenters. The van der Waals surface area contributed by atoms with E-state index >= 15 is 0 Å². The van der Waals surface area contributed by atoms with Gasteiger partial charge in [-0.05, 0) is 19.1 Å². The van der Waals surface area contributed by atoms with E-state index < -0.39 is 17.5 Å².